The van der Waals surface area contributed by atoms with Crippen LogP contribution in [0.4, 0.5) is 11.6 Å². The van der Waals surface area contributed by atoms with E-state index in [2.05, 4.69) is 49.4 Å². The lowest BCUT2D eigenvalue weighted by molar-refractivity contribution is 0.589. The van der Waals surface area contributed by atoms with Gasteiger partial charge in [-0.05, 0) is 30.3 Å². The van der Waals surface area contributed by atoms with Crippen LogP contribution in [-0.2, 0) is 0 Å². The second-order valence-electron chi connectivity index (χ2n) is 6.35. The van der Waals surface area contributed by atoms with E-state index in [1.165, 1.54) is 5.69 Å². The quantitative estimate of drug-likeness (QED) is 0.474. The monoisotopic (exact) mass is 381 g/mol. The van der Waals surface area contributed by atoms with E-state index in [1.807, 2.05) is 12.1 Å². The largest absolute Gasteiger partial charge is 0.370 e. The molecule has 27 heavy (non-hydrogen) atoms. The SMILES string of the molecule is NC(N)=Nc1nc(-c2ccc(N3CCNCC3)cc2)c2cc(Cl)ccc2n1. The predicted octanol–water partition coefficient (Wildman–Crippen LogP) is 2.26. The number of piperazine rings is 1. The number of nitrogens with one attached hydrogen (secondary N) is 1. The first-order valence-electron chi connectivity index (χ1n) is 8.73. The van der Waals surface area contributed by atoms with Crippen molar-refractivity contribution in [3.8, 4) is 11.3 Å². The van der Waals surface area contributed by atoms with E-state index in [-0.39, 0.29) is 11.9 Å². The molecule has 3 aromatic rings. The molecule has 1 fully saturated rings. The summed E-state index contributed by atoms with van der Waals surface area (Å²) >= 11 is 6.19. The fraction of sp³-hybridized carbons (Fsp3) is 0.211. The van der Waals surface area contributed by atoms with Gasteiger partial charge in [0.25, 0.3) is 5.95 Å². The number of aliphatic imine (C=N–C) groups is 1. The van der Waals surface area contributed by atoms with Gasteiger partial charge in [0, 0.05) is 47.8 Å². The molecule has 0 saturated carbocycles. The van der Waals surface area contributed by atoms with Crippen molar-refractivity contribution in [1.29, 1.82) is 0 Å². The number of anilines is 1. The van der Waals surface area contributed by atoms with Gasteiger partial charge in [-0.15, -0.1) is 0 Å². The first kappa shape index (κ1) is 17.5. The molecule has 0 unspecified atom stereocenters. The smallest absolute Gasteiger partial charge is 0.253 e. The number of halogens is 1. The standard InChI is InChI=1S/C19H20ClN7/c20-13-3-6-16-15(11-13)17(25-19(24-16)26-18(21)22)12-1-4-14(5-2-12)27-9-7-23-8-10-27/h1-6,11,23H,7-10H2,(H4,21,22,24,25,26). The molecule has 0 aliphatic carbocycles. The van der Waals surface area contributed by atoms with Crippen LogP contribution in [0.5, 0.6) is 0 Å². The Bertz CT molecular complexity index is 991. The third-order valence-corrected chi connectivity index (χ3v) is 4.73. The van der Waals surface area contributed by atoms with Crippen molar-refractivity contribution in [2.45, 2.75) is 0 Å². The Morgan fingerprint density at radius 3 is 2.48 bits per heavy atom. The average molecular weight is 382 g/mol. The van der Waals surface area contributed by atoms with Crippen LogP contribution < -0.4 is 21.7 Å². The van der Waals surface area contributed by atoms with Gasteiger partial charge in [-0.3, -0.25) is 0 Å². The summed E-state index contributed by atoms with van der Waals surface area (Å²) in [6.45, 7) is 4.00. The fourth-order valence-corrected chi connectivity index (χ4v) is 3.40. The Kier molecular flexibility index (Phi) is 4.79. The van der Waals surface area contributed by atoms with E-state index in [0.29, 0.717) is 5.02 Å². The van der Waals surface area contributed by atoms with Crippen molar-refractivity contribution < 1.29 is 0 Å². The van der Waals surface area contributed by atoms with Crippen molar-refractivity contribution >= 4 is 40.1 Å². The molecule has 7 nitrogen and oxygen atoms in total. The van der Waals surface area contributed by atoms with Crippen LogP contribution >= 0.6 is 11.6 Å². The van der Waals surface area contributed by atoms with E-state index < -0.39 is 0 Å². The van der Waals surface area contributed by atoms with E-state index in [4.69, 9.17) is 23.1 Å². The summed E-state index contributed by atoms with van der Waals surface area (Å²) in [4.78, 5) is 15.3. The number of aromatic nitrogens is 2. The third kappa shape index (κ3) is 3.79. The molecule has 0 amide bonds. The highest BCUT2D eigenvalue weighted by atomic mass is 35.5. The Balaban J connectivity index is 1.79. The van der Waals surface area contributed by atoms with E-state index in [9.17, 15) is 0 Å². The summed E-state index contributed by atoms with van der Waals surface area (Å²) in [7, 11) is 0. The summed E-state index contributed by atoms with van der Waals surface area (Å²) in [5.41, 5.74) is 14.6. The van der Waals surface area contributed by atoms with Gasteiger partial charge in [0.2, 0.25) is 0 Å². The Morgan fingerprint density at radius 1 is 1.04 bits per heavy atom. The van der Waals surface area contributed by atoms with E-state index >= 15 is 0 Å². The van der Waals surface area contributed by atoms with Crippen LogP contribution in [-0.4, -0.2) is 42.1 Å². The molecule has 0 spiro atoms. The minimum atomic E-state index is -0.0803. The number of nitrogens with two attached hydrogens (primary N) is 2. The summed E-state index contributed by atoms with van der Waals surface area (Å²) in [5, 5.41) is 4.84. The molecule has 138 valence electrons. The van der Waals surface area contributed by atoms with Gasteiger partial charge in [-0.2, -0.15) is 4.99 Å². The van der Waals surface area contributed by atoms with Gasteiger partial charge in [0.15, 0.2) is 5.96 Å². The zero-order chi connectivity index (χ0) is 18.8. The van der Waals surface area contributed by atoms with Gasteiger partial charge in [-0.25, -0.2) is 9.97 Å². The molecular formula is C19H20ClN7. The van der Waals surface area contributed by atoms with Crippen LogP contribution in [0, 0.1) is 0 Å². The maximum Gasteiger partial charge on any atom is 0.253 e. The van der Waals surface area contributed by atoms with E-state index in [1.54, 1.807) is 6.07 Å². The zero-order valence-electron chi connectivity index (χ0n) is 14.7. The molecule has 0 atom stereocenters. The normalized spacial score (nSPS) is 14.3. The zero-order valence-corrected chi connectivity index (χ0v) is 15.4. The maximum atomic E-state index is 6.19. The van der Waals surface area contributed by atoms with E-state index in [0.717, 1.165) is 48.3 Å². The number of benzene rings is 2. The fourth-order valence-electron chi connectivity index (χ4n) is 3.23. The number of fused-ring (bicyclic) bond motifs is 1. The van der Waals surface area contributed by atoms with Gasteiger partial charge in [0.05, 0.1) is 11.2 Å². The molecule has 1 aliphatic rings. The predicted molar refractivity (Wildman–Crippen MR) is 111 cm³/mol. The van der Waals surface area contributed by atoms with Gasteiger partial charge in [-0.1, -0.05) is 23.7 Å². The van der Waals surface area contributed by atoms with Crippen molar-refractivity contribution in [2.24, 2.45) is 16.5 Å². The molecule has 4 rings (SSSR count). The summed E-state index contributed by atoms with van der Waals surface area (Å²) in [5.74, 6) is 0.148. The number of guanidine groups is 1. The third-order valence-electron chi connectivity index (χ3n) is 4.50. The topological polar surface area (TPSA) is 105 Å². The number of hydrogen-bond acceptors (Lipinski definition) is 5. The number of nitrogens with zero attached hydrogens (tertiary/aromatic N) is 4. The van der Waals surface area contributed by atoms with Gasteiger partial charge >= 0.3 is 0 Å². The molecule has 1 aromatic heterocycles. The highest BCUT2D eigenvalue weighted by Crippen LogP contribution is 2.31. The van der Waals surface area contributed by atoms with Crippen LogP contribution in [0.3, 0.4) is 0 Å². The molecule has 0 radical (unpaired) electrons. The first-order chi connectivity index (χ1) is 13.1. The minimum Gasteiger partial charge on any atom is -0.370 e. The van der Waals surface area contributed by atoms with Crippen LogP contribution in [0.2, 0.25) is 5.02 Å². The second kappa shape index (κ2) is 7.38. The maximum absolute atomic E-state index is 6.19. The lowest BCUT2D eigenvalue weighted by atomic mass is 10.1. The molecule has 1 saturated heterocycles. The lowest BCUT2D eigenvalue weighted by Gasteiger charge is -2.29. The van der Waals surface area contributed by atoms with Crippen LogP contribution in [0.15, 0.2) is 47.5 Å². The summed E-state index contributed by atoms with van der Waals surface area (Å²) in [6, 6.07) is 13.8. The molecular weight excluding hydrogens is 362 g/mol. The number of hydrogen-bond donors (Lipinski definition) is 3. The molecule has 2 aromatic carbocycles. The van der Waals surface area contributed by atoms with Crippen LogP contribution in [0.1, 0.15) is 0 Å². The number of rotatable bonds is 3. The highest BCUT2D eigenvalue weighted by Gasteiger charge is 2.13. The summed E-state index contributed by atoms with van der Waals surface area (Å²) < 4.78 is 0. The molecule has 1 aliphatic heterocycles. The molecule has 0 bridgehead atoms. The van der Waals surface area contributed by atoms with Crippen LogP contribution in [0.25, 0.3) is 22.2 Å². The lowest BCUT2D eigenvalue weighted by Crippen LogP contribution is -2.43. The van der Waals surface area contributed by atoms with Crippen molar-refractivity contribution in [2.75, 3.05) is 31.1 Å². The Morgan fingerprint density at radius 2 is 1.78 bits per heavy atom. The Hall–Kier alpha value is -2.90. The minimum absolute atomic E-state index is 0.0803. The average Bonchev–Trinajstić information content (AvgIpc) is 2.68. The summed E-state index contributed by atoms with van der Waals surface area (Å²) in [6.07, 6.45) is 0. The van der Waals surface area contributed by atoms with Gasteiger partial charge < -0.3 is 21.7 Å². The second-order valence-corrected chi connectivity index (χ2v) is 6.79. The molecule has 2 heterocycles. The Labute approximate surface area is 162 Å². The van der Waals surface area contributed by atoms with Crippen molar-refractivity contribution in [3.05, 3.63) is 47.5 Å². The highest BCUT2D eigenvalue weighted by molar-refractivity contribution is 6.31. The molecule has 5 N–H and O–H groups in total. The first-order valence-corrected chi connectivity index (χ1v) is 9.11. The van der Waals surface area contributed by atoms with Crippen molar-refractivity contribution in [3.63, 3.8) is 0 Å². The van der Waals surface area contributed by atoms with Crippen molar-refractivity contribution in [1.82, 2.24) is 15.3 Å². The van der Waals surface area contributed by atoms with Gasteiger partial charge in [0.1, 0.15) is 0 Å². The molecule has 8 heteroatoms.